The predicted molar refractivity (Wildman–Crippen MR) is 186 cm³/mol. The molecule has 0 fully saturated rings. The van der Waals surface area contributed by atoms with Gasteiger partial charge >= 0.3 is 0 Å². The first-order valence-corrected chi connectivity index (χ1v) is 16.1. The minimum absolute atomic E-state index is 0.415. The molecule has 3 heterocycles. The van der Waals surface area contributed by atoms with E-state index < -0.39 is 0 Å². The molecule has 43 heavy (non-hydrogen) atoms. The average Bonchev–Trinajstić information content (AvgIpc) is 3.33. The van der Waals surface area contributed by atoms with Gasteiger partial charge in [-0.3, -0.25) is 0 Å². The Hall–Kier alpha value is -3.91. The Morgan fingerprint density at radius 2 is 1.26 bits per heavy atom. The molecule has 7 rings (SSSR count). The molecule has 0 aliphatic rings. The van der Waals surface area contributed by atoms with Crippen molar-refractivity contribution in [3.63, 3.8) is 0 Å². The van der Waals surface area contributed by atoms with Crippen LogP contribution in [0.15, 0.2) is 54.7 Å². The summed E-state index contributed by atoms with van der Waals surface area (Å²) in [7, 11) is 2.22. The highest BCUT2D eigenvalue weighted by Crippen LogP contribution is 2.49. The molecule has 2 heteroatoms. The van der Waals surface area contributed by atoms with Crippen LogP contribution in [0.25, 0.3) is 60.1 Å². The second kappa shape index (κ2) is 9.55. The van der Waals surface area contributed by atoms with Crippen LogP contribution in [-0.4, -0.2) is 4.40 Å². The van der Waals surface area contributed by atoms with Gasteiger partial charge in [-0.1, -0.05) is 71.9 Å². The minimum atomic E-state index is 0.415. The lowest BCUT2D eigenvalue weighted by molar-refractivity contribution is -0.643. The molecule has 0 saturated carbocycles. The maximum atomic E-state index is 2.63. The van der Waals surface area contributed by atoms with Crippen LogP contribution in [0.4, 0.5) is 0 Å². The van der Waals surface area contributed by atoms with E-state index in [1.807, 2.05) is 0 Å². The Bertz CT molecular complexity index is 2230. The fourth-order valence-electron chi connectivity index (χ4n) is 7.87. The number of nitrogens with zero attached hydrogens (tertiary/aromatic N) is 2. The number of aryl methyl sites for hydroxylation is 3. The summed E-state index contributed by atoms with van der Waals surface area (Å²) in [5.74, 6) is 1.32. The summed E-state index contributed by atoms with van der Waals surface area (Å²) in [6, 6.07) is 19.0. The van der Waals surface area contributed by atoms with E-state index in [4.69, 9.17) is 0 Å². The number of aromatic nitrogens is 2. The van der Waals surface area contributed by atoms with Gasteiger partial charge < -0.3 is 4.40 Å². The summed E-state index contributed by atoms with van der Waals surface area (Å²) in [4.78, 5) is 0. The van der Waals surface area contributed by atoms with E-state index in [0.717, 1.165) is 0 Å². The van der Waals surface area contributed by atoms with E-state index in [1.54, 1.807) is 0 Å². The zero-order chi connectivity index (χ0) is 30.6. The Kier molecular flexibility index (Phi) is 6.19. The normalized spacial score (nSPS) is 12.7. The predicted octanol–water partition coefficient (Wildman–Crippen LogP) is 11.1. The number of benzene rings is 4. The molecular weight excluding hydrogens is 520 g/mol. The molecule has 0 aliphatic carbocycles. The van der Waals surface area contributed by atoms with E-state index in [-0.39, 0.29) is 0 Å². The first kappa shape index (κ1) is 27.9. The van der Waals surface area contributed by atoms with Gasteiger partial charge in [0.2, 0.25) is 5.52 Å². The maximum absolute atomic E-state index is 2.63. The van der Waals surface area contributed by atoms with Gasteiger partial charge in [0.1, 0.15) is 7.05 Å². The number of fused-ring (bicyclic) bond motifs is 6. The van der Waals surface area contributed by atoms with Crippen molar-refractivity contribution in [3.05, 3.63) is 93.7 Å². The van der Waals surface area contributed by atoms with Gasteiger partial charge in [0.25, 0.3) is 0 Å². The SMILES string of the molecule is Cc1c(C)c(C)c2c(c1C)c1c3c(cc[n+]1C)cc(-c1c(C(C)C)cc(C(C)C)cc1C(C)C)c1c4ccccc4n2c13. The number of rotatable bonds is 4. The summed E-state index contributed by atoms with van der Waals surface area (Å²) < 4.78 is 4.99. The standard InChI is InChI=1S/C41H45N2/c1-21(2)29-19-31(22(3)4)37(32(20-29)23(5)6)33-18-28-16-17-42(11)40-35-26(9)24(7)25(8)27(10)39(35)43-34-15-13-12-14-30(34)38(33)41(43)36(28)40/h12-23H,1-11H3/q+1. The van der Waals surface area contributed by atoms with Crippen LogP contribution >= 0.6 is 0 Å². The summed E-state index contributed by atoms with van der Waals surface area (Å²) in [5.41, 5.74) is 18.1. The third-order valence-electron chi connectivity index (χ3n) is 10.6. The van der Waals surface area contributed by atoms with Gasteiger partial charge in [0.15, 0.2) is 6.20 Å². The van der Waals surface area contributed by atoms with Crippen molar-refractivity contribution < 1.29 is 4.57 Å². The topological polar surface area (TPSA) is 8.29 Å². The molecule has 218 valence electrons. The lowest BCUT2D eigenvalue weighted by atomic mass is 9.80. The Morgan fingerprint density at radius 1 is 0.628 bits per heavy atom. The number of hydrogen-bond acceptors (Lipinski definition) is 0. The number of hydrogen-bond donors (Lipinski definition) is 0. The lowest BCUT2D eigenvalue weighted by Crippen LogP contribution is -2.29. The second-order valence-electron chi connectivity index (χ2n) is 14.0. The molecule has 0 amide bonds. The third kappa shape index (κ3) is 3.68. The third-order valence-corrected chi connectivity index (χ3v) is 10.6. The van der Waals surface area contributed by atoms with E-state index >= 15 is 0 Å². The maximum Gasteiger partial charge on any atom is 0.224 e. The fourth-order valence-corrected chi connectivity index (χ4v) is 7.87. The minimum Gasteiger partial charge on any atom is -0.307 e. The quantitative estimate of drug-likeness (QED) is 0.114. The average molecular weight is 566 g/mol. The molecule has 2 nitrogen and oxygen atoms in total. The van der Waals surface area contributed by atoms with Crippen molar-refractivity contribution in [3.8, 4) is 11.1 Å². The molecule has 0 radical (unpaired) electrons. The van der Waals surface area contributed by atoms with Crippen molar-refractivity contribution >= 4 is 49.0 Å². The summed E-state index contributed by atoms with van der Waals surface area (Å²) in [6.07, 6.45) is 2.27. The van der Waals surface area contributed by atoms with Crippen LogP contribution in [0.3, 0.4) is 0 Å². The van der Waals surface area contributed by atoms with Crippen LogP contribution in [0.5, 0.6) is 0 Å². The molecular formula is C41H45N2+. The van der Waals surface area contributed by atoms with E-state index in [0.29, 0.717) is 17.8 Å². The van der Waals surface area contributed by atoms with Gasteiger partial charge in [-0.2, -0.15) is 0 Å². The molecule has 0 aliphatic heterocycles. The zero-order valence-electron chi connectivity index (χ0n) is 27.8. The highest BCUT2D eigenvalue weighted by atomic mass is 15.0. The van der Waals surface area contributed by atoms with Crippen LogP contribution in [0.1, 0.15) is 98.2 Å². The van der Waals surface area contributed by atoms with Crippen molar-refractivity contribution in [1.29, 1.82) is 0 Å². The van der Waals surface area contributed by atoms with Crippen molar-refractivity contribution in [2.45, 2.75) is 87.0 Å². The molecule has 0 bridgehead atoms. The Morgan fingerprint density at radius 3 is 1.88 bits per heavy atom. The molecule has 7 aromatic rings. The van der Waals surface area contributed by atoms with Gasteiger partial charge in [-0.05, 0) is 113 Å². The number of pyridine rings is 2. The van der Waals surface area contributed by atoms with E-state index in [1.165, 1.54) is 99.1 Å². The van der Waals surface area contributed by atoms with E-state index in [9.17, 15) is 0 Å². The van der Waals surface area contributed by atoms with Crippen LogP contribution in [0, 0.1) is 27.7 Å². The highest BCUT2D eigenvalue weighted by Gasteiger charge is 2.29. The van der Waals surface area contributed by atoms with Gasteiger partial charge in [0, 0.05) is 16.8 Å². The number of para-hydroxylation sites is 1. The van der Waals surface area contributed by atoms with Crippen LogP contribution in [0.2, 0.25) is 0 Å². The molecule has 0 unspecified atom stereocenters. The van der Waals surface area contributed by atoms with Crippen molar-refractivity contribution in [2.24, 2.45) is 7.05 Å². The van der Waals surface area contributed by atoms with Gasteiger partial charge in [0.05, 0.1) is 27.3 Å². The van der Waals surface area contributed by atoms with E-state index in [2.05, 4.69) is 140 Å². The molecule has 0 N–H and O–H groups in total. The van der Waals surface area contributed by atoms with Gasteiger partial charge in [-0.15, -0.1) is 0 Å². The lowest BCUT2D eigenvalue weighted by Gasteiger charge is -2.24. The largest absolute Gasteiger partial charge is 0.307 e. The zero-order valence-corrected chi connectivity index (χ0v) is 27.8. The summed E-state index contributed by atoms with van der Waals surface area (Å²) in [5, 5.41) is 6.79. The molecule has 4 aromatic carbocycles. The highest BCUT2D eigenvalue weighted by molar-refractivity contribution is 6.31. The van der Waals surface area contributed by atoms with Crippen molar-refractivity contribution in [1.82, 2.24) is 4.40 Å². The first-order valence-electron chi connectivity index (χ1n) is 16.1. The van der Waals surface area contributed by atoms with Gasteiger partial charge in [-0.25, -0.2) is 4.57 Å². The molecule has 0 spiro atoms. The summed E-state index contributed by atoms with van der Waals surface area (Å²) >= 11 is 0. The van der Waals surface area contributed by atoms with Crippen LogP contribution in [-0.2, 0) is 7.05 Å². The Balaban J connectivity index is 1.85. The fraction of sp³-hybridized carbons (Fsp3) is 0.341. The molecule has 0 saturated heterocycles. The van der Waals surface area contributed by atoms with Crippen molar-refractivity contribution in [2.75, 3.05) is 0 Å². The Labute approximate surface area is 256 Å². The second-order valence-corrected chi connectivity index (χ2v) is 14.0. The monoisotopic (exact) mass is 565 g/mol. The van der Waals surface area contributed by atoms with Crippen LogP contribution < -0.4 is 4.57 Å². The smallest absolute Gasteiger partial charge is 0.224 e. The summed E-state index contributed by atoms with van der Waals surface area (Å²) in [6.45, 7) is 23.3. The molecule has 0 atom stereocenters. The first-order chi connectivity index (χ1) is 20.4. The molecule has 3 aromatic heterocycles.